The highest BCUT2D eigenvalue weighted by atomic mass is 28.4. The van der Waals surface area contributed by atoms with Crippen LogP contribution in [0.15, 0.2) is 0 Å². The Kier molecular flexibility index (Phi) is 5.65. The summed E-state index contributed by atoms with van der Waals surface area (Å²) in [6.07, 6.45) is 8.44. The molecule has 33 heavy (non-hydrogen) atoms. The monoisotopic (exact) mass is 478 g/mol. The quantitative estimate of drug-likeness (QED) is 0.459. The molecule has 0 bridgehead atoms. The van der Waals surface area contributed by atoms with E-state index in [-0.39, 0.29) is 40.3 Å². The molecule has 0 aromatic rings. The summed E-state index contributed by atoms with van der Waals surface area (Å²) in [4.78, 5) is 0. The van der Waals surface area contributed by atoms with Gasteiger partial charge in [-0.15, -0.1) is 0 Å². The van der Waals surface area contributed by atoms with Gasteiger partial charge in [0.25, 0.3) is 0 Å². The Bertz CT molecular complexity index is 774. The first-order valence-corrected chi connectivity index (χ1v) is 16.7. The van der Waals surface area contributed by atoms with E-state index >= 15 is 0 Å². The van der Waals surface area contributed by atoms with Crippen LogP contribution in [0.2, 0.25) is 18.1 Å². The first kappa shape index (κ1) is 24.7. The van der Waals surface area contributed by atoms with Crippen molar-refractivity contribution < 1.29 is 19.0 Å². The summed E-state index contributed by atoms with van der Waals surface area (Å²) in [5.41, 5.74) is 0.0454. The summed E-state index contributed by atoms with van der Waals surface area (Å²) >= 11 is 0. The second-order valence-corrected chi connectivity index (χ2v) is 19.5. The Morgan fingerprint density at radius 2 is 1.55 bits per heavy atom. The second-order valence-electron chi connectivity index (χ2n) is 14.8. The Morgan fingerprint density at radius 3 is 2.21 bits per heavy atom. The lowest BCUT2D eigenvalue weighted by atomic mass is 9.43. The van der Waals surface area contributed by atoms with Crippen LogP contribution in [0.5, 0.6) is 0 Å². The van der Waals surface area contributed by atoms with Gasteiger partial charge in [0.1, 0.15) is 0 Å². The van der Waals surface area contributed by atoms with Crippen molar-refractivity contribution in [2.24, 2.45) is 34.5 Å². The highest BCUT2D eigenvalue weighted by molar-refractivity contribution is 6.74. The fourth-order valence-corrected chi connectivity index (χ4v) is 10.3. The molecule has 1 saturated heterocycles. The second kappa shape index (κ2) is 7.54. The van der Waals surface area contributed by atoms with Gasteiger partial charge < -0.3 is 19.0 Å². The van der Waals surface area contributed by atoms with E-state index in [1.807, 2.05) is 0 Å². The maximum absolute atomic E-state index is 11.9. The predicted octanol–water partition coefficient (Wildman–Crippen LogP) is 6.52. The average molecular weight is 479 g/mol. The van der Waals surface area contributed by atoms with Crippen molar-refractivity contribution in [3.8, 4) is 0 Å². The highest BCUT2D eigenvalue weighted by Crippen LogP contribution is 2.69. The number of hydrogen-bond donors (Lipinski definition) is 1. The van der Waals surface area contributed by atoms with Crippen LogP contribution in [-0.4, -0.2) is 43.6 Å². The molecule has 1 heterocycles. The lowest BCUT2D eigenvalue weighted by Crippen LogP contribution is -2.66. The van der Waals surface area contributed by atoms with Crippen molar-refractivity contribution in [3.63, 3.8) is 0 Å². The van der Waals surface area contributed by atoms with Gasteiger partial charge in [0, 0.05) is 5.41 Å². The van der Waals surface area contributed by atoms with Crippen LogP contribution in [0.4, 0.5) is 0 Å². The molecule has 4 aliphatic carbocycles. The fourth-order valence-electron chi connectivity index (χ4n) is 8.89. The molecule has 5 heteroatoms. The molecule has 1 N–H and O–H groups in total. The van der Waals surface area contributed by atoms with E-state index < -0.39 is 14.1 Å². The zero-order valence-electron chi connectivity index (χ0n) is 22.7. The van der Waals surface area contributed by atoms with Crippen LogP contribution >= 0.6 is 0 Å². The van der Waals surface area contributed by atoms with E-state index in [9.17, 15) is 5.11 Å². The Hall–Kier alpha value is 0.0569. The Balaban J connectivity index is 1.52. The van der Waals surface area contributed by atoms with Crippen LogP contribution in [0.1, 0.15) is 93.4 Å². The largest absolute Gasteiger partial charge is 0.413 e. The molecular formula is C28H50O4Si. The van der Waals surface area contributed by atoms with Gasteiger partial charge in [-0.05, 0) is 93.2 Å². The Labute approximate surface area is 203 Å². The van der Waals surface area contributed by atoms with Gasteiger partial charge in [-0.3, -0.25) is 0 Å². The summed E-state index contributed by atoms with van der Waals surface area (Å²) in [6, 6.07) is 0. The van der Waals surface area contributed by atoms with Gasteiger partial charge in [-0.25, -0.2) is 0 Å². The minimum absolute atomic E-state index is 0.144. The van der Waals surface area contributed by atoms with Crippen LogP contribution < -0.4 is 0 Å². The molecule has 0 aromatic carbocycles. The van der Waals surface area contributed by atoms with Gasteiger partial charge in [0.05, 0.1) is 24.4 Å². The molecule has 0 radical (unpaired) electrons. The topological polar surface area (TPSA) is 47.9 Å². The van der Waals surface area contributed by atoms with Crippen molar-refractivity contribution in [2.75, 3.05) is 0 Å². The van der Waals surface area contributed by atoms with E-state index in [1.54, 1.807) is 0 Å². The minimum atomic E-state index is -1.93. The van der Waals surface area contributed by atoms with E-state index in [0.717, 1.165) is 19.3 Å². The molecule has 5 aliphatic rings. The molecule has 10 atom stereocenters. The predicted molar refractivity (Wildman–Crippen MR) is 134 cm³/mol. The molecule has 1 aliphatic heterocycles. The van der Waals surface area contributed by atoms with Crippen LogP contribution in [0, 0.1) is 34.5 Å². The van der Waals surface area contributed by atoms with Crippen LogP contribution in [0.3, 0.4) is 0 Å². The average Bonchev–Trinajstić information content (AvgIpc) is 3.18. The van der Waals surface area contributed by atoms with Gasteiger partial charge in [-0.2, -0.15) is 0 Å². The summed E-state index contributed by atoms with van der Waals surface area (Å²) < 4.78 is 20.5. The standard InChI is InChI=1S/C28H50O4Si/c1-25(2,3)33(8,9)32-21-14-13-17-22-19(16-20(29)28(17,21)7)27(6)15-11-10-12-18(27)23-24(22)31-26(4,5)30-23/h17-24,29H,10-16H2,1-9H3/t17?,18?,19?,20-,21-,22?,23+,24+,27-,28+/m0/s1. The summed E-state index contributed by atoms with van der Waals surface area (Å²) in [5.74, 6) is 1.45. The maximum atomic E-state index is 11.9. The number of rotatable bonds is 2. The molecule has 0 amide bonds. The first-order chi connectivity index (χ1) is 15.1. The number of hydrogen-bond acceptors (Lipinski definition) is 4. The lowest BCUT2D eigenvalue weighted by Gasteiger charge is -2.64. The van der Waals surface area contributed by atoms with E-state index in [2.05, 4.69) is 61.6 Å². The normalized spacial score (nSPS) is 51.5. The summed E-state index contributed by atoms with van der Waals surface area (Å²) in [6.45, 7) is 20.8. The number of ether oxygens (including phenoxy) is 2. The zero-order valence-corrected chi connectivity index (χ0v) is 23.7. The molecule has 4 unspecified atom stereocenters. The fraction of sp³-hybridized carbons (Fsp3) is 1.00. The van der Waals surface area contributed by atoms with Gasteiger partial charge >= 0.3 is 0 Å². The number of fused-ring (bicyclic) bond motifs is 8. The van der Waals surface area contributed by atoms with E-state index in [0.29, 0.717) is 23.7 Å². The number of aliphatic hydroxyl groups is 1. The third-order valence-electron chi connectivity index (χ3n) is 11.7. The molecule has 4 saturated carbocycles. The molecule has 0 aromatic heterocycles. The SMILES string of the molecule is CC1(C)O[C@@H]2C3C(C[C@H](O)[C@@]4(C)C3CC[C@@H]4O[Si](C)(C)C(C)(C)C)[C@@]3(C)CCCCC3[C@H]2O1. The highest BCUT2D eigenvalue weighted by Gasteiger charge is 2.70. The van der Waals surface area contributed by atoms with Gasteiger partial charge in [0.2, 0.25) is 0 Å². The molecule has 0 spiro atoms. The van der Waals surface area contributed by atoms with Crippen LogP contribution in [-0.2, 0) is 13.9 Å². The third kappa shape index (κ3) is 3.49. The lowest BCUT2D eigenvalue weighted by molar-refractivity contribution is -0.214. The zero-order chi connectivity index (χ0) is 24.2. The molecule has 4 nitrogen and oxygen atoms in total. The third-order valence-corrected chi connectivity index (χ3v) is 16.2. The van der Waals surface area contributed by atoms with Gasteiger partial charge in [0.15, 0.2) is 14.1 Å². The molecule has 5 rings (SSSR count). The molecular weight excluding hydrogens is 428 g/mol. The van der Waals surface area contributed by atoms with Crippen LogP contribution in [0.25, 0.3) is 0 Å². The van der Waals surface area contributed by atoms with Gasteiger partial charge in [-0.1, -0.05) is 47.5 Å². The molecule has 5 fully saturated rings. The smallest absolute Gasteiger partial charge is 0.192 e. The summed E-state index contributed by atoms with van der Waals surface area (Å²) in [7, 11) is -1.93. The van der Waals surface area contributed by atoms with Crippen molar-refractivity contribution in [3.05, 3.63) is 0 Å². The van der Waals surface area contributed by atoms with E-state index in [4.69, 9.17) is 13.9 Å². The maximum Gasteiger partial charge on any atom is 0.192 e. The van der Waals surface area contributed by atoms with Crippen molar-refractivity contribution >= 4 is 8.32 Å². The minimum Gasteiger partial charge on any atom is -0.413 e. The summed E-state index contributed by atoms with van der Waals surface area (Å²) in [5, 5.41) is 12.0. The van der Waals surface area contributed by atoms with Crippen molar-refractivity contribution in [1.29, 1.82) is 0 Å². The van der Waals surface area contributed by atoms with Crippen molar-refractivity contribution in [2.45, 2.75) is 142 Å². The molecule has 190 valence electrons. The number of aliphatic hydroxyl groups excluding tert-OH is 1. The Morgan fingerprint density at radius 1 is 0.879 bits per heavy atom. The van der Waals surface area contributed by atoms with E-state index in [1.165, 1.54) is 25.7 Å². The van der Waals surface area contributed by atoms with Crippen molar-refractivity contribution in [1.82, 2.24) is 0 Å². The first-order valence-electron chi connectivity index (χ1n) is 13.8.